The van der Waals surface area contributed by atoms with Gasteiger partial charge in [-0.1, -0.05) is 43.6 Å². The minimum absolute atomic E-state index is 1.08. The fourth-order valence-electron chi connectivity index (χ4n) is 1.09. The SMILES string of the molecule is CCCCCC=C[CH]CC=C(C)C. The summed E-state index contributed by atoms with van der Waals surface area (Å²) in [5.41, 5.74) is 1.40. The summed E-state index contributed by atoms with van der Waals surface area (Å²) in [4.78, 5) is 0. The molecule has 0 aromatic heterocycles. The molecular formula is C13H23. The van der Waals surface area contributed by atoms with Gasteiger partial charge in [-0.15, -0.1) is 0 Å². The highest BCUT2D eigenvalue weighted by Gasteiger charge is 1.82. The highest BCUT2D eigenvalue weighted by atomic mass is 13.9. The van der Waals surface area contributed by atoms with Crippen LogP contribution in [0.4, 0.5) is 0 Å². The van der Waals surface area contributed by atoms with Crippen molar-refractivity contribution in [2.45, 2.75) is 52.9 Å². The van der Waals surface area contributed by atoms with Gasteiger partial charge >= 0.3 is 0 Å². The highest BCUT2D eigenvalue weighted by molar-refractivity contribution is 5.02. The van der Waals surface area contributed by atoms with Crippen LogP contribution in [0.15, 0.2) is 23.8 Å². The molecule has 0 N–H and O–H groups in total. The van der Waals surface area contributed by atoms with Crippen LogP contribution in [0.1, 0.15) is 52.9 Å². The Bertz CT molecular complexity index is 147. The molecule has 0 heterocycles. The van der Waals surface area contributed by atoms with E-state index >= 15 is 0 Å². The van der Waals surface area contributed by atoms with Gasteiger partial charge in [-0.05, 0) is 39.5 Å². The number of hydrogen-bond donors (Lipinski definition) is 0. The van der Waals surface area contributed by atoms with Crippen LogP contribution in [-0.2, 0) is 0 Å². The van der Waals surface area contributed by atoms with Gasteiger partial charge in [-0.3, -0.25) is 0 Å². The molecule has 0 amide bonds. The summed E-state index contributed by atoms with van der Waals surface area (Å²) in [5.74, 6) is 0. The second-order valence-electron chi connectivity index (χ2n) is 3.68. The van der Waals surface area contributed by atoms with Crippen molar-refractivity contribution in [3.8, 4) is 0 Å². The molecule has 0 saturated heterocycles. The Morgan fingerprint density at radius 3 is 2.54 bits per heavy atom. The van der Waals surface area contributed by atoms with E-state index in [1.807, 2.05) is 0 Å². The zero-order chi connectivity index (χ0) is 9.94. The zero-order valence-corrected chi connectivity index (χ0v) is 9.34. The maximum absolute atomic E-state index is 2.27. The van der Waals surface area contributed by atoms with E-state index in [0.717, 1.165) is 6.42 Å². The van der Waals surface area contributed by atoms with Crippen LogP contribution in [0.25, 0.3) is 0 Å². The van der Waals surface area contributed by atoms with Crippen LogP contribution in [0.3, 0.4) is 0 Å². The molecule has 0 aliphatic heterocycles. The summed E-state index contributed by atoms with van der Waals surface area (Å²) >= 11 is 0. The van der Waals surface area contributed by atoms with Crippen molar-refractivity contribution in [3.05, 3.63) is 30.2 Å². The quantitative estimate of drug-likeness (QED) is 0.393. The minimum atomic E-state index is 1.08. The van der Waals surface area contributed by atoms with Gasteiger partial charge < -0.3 is 0 Å². The molecule has 0 aliphatic carbocycles. The molecule has 0 unspecified atom stereocenters. The molecule has 0 aliphatic rings. The van der Waals surface area contributed by atoms with Crippen LogP contribution >= 0.6 is 0 Å². The van der Waals surface area contributed by atoms with Gasteiger partial charge in [0.15, 0.2) is 0 Å². The van der Waals surface area contributed by atoms with Crippen molar-refractivity contribution < 1.29 is 0 Å². The number of allylic oxidation sites excluding steroid dienone is 4. The molecule has 0 aromatic carbocycles. The molecule has 13 heavy (non-hydrogen) atoms. The molecule has 75 valence electrons. The molecule has 0 spiro atoms. The van der Waals surface area contributed by atoms with E-state index in [2.05, 4.69) is 45.4 Å². The first kappa shape index (κ1) is 12.5. The molecule has 1 radical (unpaired) electrons. The first-order valence-electron chi connectivity index (χ1n) is 5.39. The molecule has 0 atom stereocenters. The summed E-state index contributed by atoms with van der Waals surface area (Å²) in [7, 11) is 0. The maximum Gasteiger partial charge on any atom is -0.0133 e. The summed E-state index contributed by atoms with van der Waals surface area (Å²) in [6, 6.07) is 0. The third kappa shape index (κ3) is 11.5. The lowest BCUT2D eigenvalue weighted by Crippen LogP contribution is -1.72. The number of hydrogen-bond acceptors (Lipinski definition) is 0. The van der Waals surface area contributed by atoms with Crippen LogP contribution in [-0.4, -0.2) is 0 Å². The Hall–Kier alpha value is -0.520. The predicted octanol–water partition coefficient (Wildman–Crippen LogP) is 4.68. The van der Waals surface area contributed by atoms with E-state index in [9.17, 15) is 0 Å². The summed E-state index contributed by atoms with van der Waals surface area (Å²) in [6.07, 6.45) is 15.3. The third-order valence-electron chi connectivity index (χ3n) is 1.91. The van der Waals surface area contributed by atoms with E-state index < -0.39 is 0 Å². The normalized spacial score (nSPS) is 10.7. The molecule has 0 aromatic rings. The van der Waals surface area contributed by atoms with E-state index in [4.69, 9.17) is 0 Å². The van der Waals surface area contributed by atoms with Gasteiger partial charge in [-0.25, -0.2) is 0 Å². The molecular weight excluding hydrogens is 156 g/mol. The third-order valence-corrected chi connectivity index (χ3v) is 1.91. The first-order chi connectivity index (χ1) is 6.27. The van der Waals surface area contributed by atoms with Crippen molar-refractivity contribution in [2.75, 3.05) is 0 Å². The van der Waals surface area contributed by atoms with E-state index in [0.29, 0.717) is 0 Å². The zero-order valence-electron chi connectivity index (χ0n) is 9.34. The smallest absolute Gasteiger partial charge is 0.0133 e. The lowest BCUT2D eigenvalue weighted by molar-refractivity contribution is 0.729. The Kier molecular flexibility index (Phi) is 9.18. The molecule has 0 saturated carbocycles. The van der Waals surface area contributed by atoms with E-state index in [-0.39, 0.29) is 0 Å². The largest absolute Gasteiger partial charge is 0.0882 e. The average molecular weight is 179 g/mol. The van der Waals surface area contributed by atoms with Gasteiger partial charge in [0, 0.05) is 0 Å². The summed E-state index contributed by atoms with van der Waals surface area (Å²) < 4.78 is 0. The Balaban J connectivity index is 3.17. The van der Waals surface area contributed by atoms with Crippen LogP contribution in [0.2, 0.25) is 0 Å². The fourth-order valence-corrected chi connectivity index (χ4v) is 1.09. The van der Waals surface area contributed by atoms with Crippen LogP contribution in [0, 0.1) is 6.42 Å². The first-order valence-corrected chi connectivity index (χ1v) is 5.39. The van der Waals surface area contributed by atoms with Crippen molar-refractivity contribution in [2.24, 2.45) is 0 Å². The standard InChI is InChI=1S/C13H23/c1-4-5-6-7-8-9-10-11-12-13(2)3/h8-10,12H,4-7,11H2,1-3H3. The highest BCUT2D eigenvalue weighted by Crippen LogP contribution is 2.01. The molecule has 0 nitrogen and oxygen atoms in total. The Morgan fingerprint density at radius 2 is 1.92 bits per heavy atom. The van der Waals surface area contributed by atoms with Crippen molar-refractivity contribution in [1.29, 1.82) is 0 Å². The van der Waals surface area contributed by atoms with Crippen LogP contribution < -0.4 is 0 Å². The topological polar surface area (TPSA) is 0 Å². The lowest BCUT2D eigenvalue weighted by atomic mass is 10.1. The lowest BCUT2D eigenvalue weighted by Gasteiger charge is -1.92. The Labute approximate surface area is 83.7 Å². The van der Waals surface area contributed by atoms with Gasteiger partial charge in [0.25, 0.3) is 0 Å². The van der Waals surface area contributed by atoms with Gasteiger partial charge in [0.1, 0.15) is 0 Å². The molecule has 0 rings (SSSR count). The summed E-state index contributed by atoms with van der Waals surface area (Å²) in [6.45, 7) is 6.52. The monoisotopic (exact) mass is 179 g/mol. The van der Waals surface area contributed by atoms with Crippen LogP contribution in [0.5, 0.6) is 0 Å². The maximum atomic E-state index is 2.27. The van der Waals surface area contributed by atoms with E-state index in [1.54, 1.807) is 0 Å². The summed E-state index contributed by atoms with van der Waals surface area (Å²) in [5, 5.41) is 0. The number of rotatable bonds is 7. The second kappa shape index (κ2) is 9.57. The molecule has 0 bridgehead atoms. The van der Waals surface area contributed by atoms with Gasteiger partial charge in [-0.2, -0.15) is 0 Å². The molecule has 0 heteroatoms. The molecule has 0 fully saturated rings. The average Bonchev–Trinajstić information content (AvgIpc) is 2.09. The number of unbranched alkanes of at least 4 members (excludes halogenated alkanes) is 4. The predicted molar refractivity (Wildman–Crippen MR) is 61.6 cm³/mol. The minimum Gasteiger partial charge on any atom is -0.0882 e. The fraction of sp³-hybridized carbons (Fsp3) is 0.615. The van der Waals surface area contributed by atoms with Crippen molar-refractivity contribution in [3.63, 3.8) is 0 Å². The van der Waals surface area contributed by atoms with Crippen molar-refractivity contribution in [1.82, 2.24) is 0 Å². The van der Waals surface area contributed by atoms with Gasteiger partial charge in [0.2, 0.25) is 0 Å². The second-order valence-corrected chi connectivity index (χ2v) is 3.68. The van der Waals surface area contributed by atoms with Gasteiger partial charge in [0.05, 0.1) is 0 Å². The Morgan fingerprint density at radius 1 is 1.15 bits per heavy atom. The van der Waals surface area contributed by atoms with Crippen molar-refractivity contribution >= 4 is 0 Å². The van der Waals surface area contributed by atoms with E-state index in [1.165, 1.54) is 31.3 Å².